The van der Waals surface area contributed by atoms with E-state index in [2.05, 4.69) is 5.32 Å². The molecule has 1 amide bonds. The van der Waals surface area contributed by atoms with Crippen LogP contribution in [0.1, 0.15) is 33.6 Å². The zero-order chi connectivity index (χ0) is 16.3. The third-order valence-corrected chi connectivity index (χ3v) is 4.50. The largest absolute Gasteiger partial charge is 0.352 e. The monoisotopic (exact) mass is 323 g/mol. The number of carbonyl (C=O) groups is 1. The molecule has 0 unspecified atom stereocenters. The van der Waals surface area contributed by atoms with Crippen LogP contribution in [-0.2, 0) is 17.9 Å². The fourth-order valence-electron chi connectivity index (χ4n) is 2.27. The van der Waals surface area contributed by atoms with Gasteiger partial charge in [0.15, 0.2) is 0 Å². The molecule has 0 aromatic carbocycles. The number of hydrogen-bond donors (Lipinski definition) is 1. The predicted octanol–water partition coefficient (Wildman–Crippen LogP) is 1.55. The molecule has 0 fully saturated rings. The fourth-order valence-corrected chi connectivity index (χ4v) is 3.12. The first-order valence-electron chi connectivity index (χ1n) is 7.49. The zero-order valence-electron chi connectivity index (χ0n) is 13.1. The first-order valence-corrected chi connectivity index (χ1v) is 8.37. The van der Waals surface area contributed by atoms with E-state index in [1.807, 2.05) is 20.8 Å². The van der Waals surface area contributed by atoms with Gasteiger partial charge in [-0.05, 0) is 31.2 Å². The van der Waals surface area contributed by atoms with Crippen LogP contribution in [0, 0.1) is 0 Å². The van der Waals surface area contributed by atoms with E-state index in [9.17, 15) is 14.4 Å². The standard InChI is InChI=1S/C15H21N3O3S/c1-4-7-17-14(20)13-11(6-8-22-13)18(15(17)21)9-12(19)16-10(3)5-2/h6,8,10H,4-5,7,9H2,1-3H3,(H,16,19)/t10-/m0/s1. The molecule has 6 nitrogen and oxygen atoms in total. The molecule has 2 rings (SSSR count). The molecule has 2 heterocycles. The summed E-state index contributed by atoms with van der Waals surface area (Å²) < 4.78 is 3.13. The number of amides is 1. The van der Waals surface area contributed by atoms with Gasteiger partial charge in [0, 0.05) is 12.6 Å². The smallest absolute Gasteiger partial charge is 0.332 e. The molecule has 0 saturated carbocycles. The lowest BCUT2D eigenvalue weighted by molar-refractivity contribution is -0.122. The van der Waals surface area contributed by atoms with Crippen molar-refractivity contribution in [2.75, 3.05) is 0 Å². The number of fused-ring (bicyclic) bond motifs is 1. The van der Waals surface area contributed by atoms with Crippen molar-refractivity contribution in [2.45, 2.75) is 52.7 Å². The Kier molecular flexibility index (Phi) is 5.18. The normalized spacial score (nSPS) is 12.5. The first-order chi connectivity index (χ1) is 10.5. The Labute approximate surface area is 132 Å². The summed E-state index contributed by atoms with van der Waals surface area (Å²) >= 11 is 1.30. The van der Waals surface area contributed by atoms with Crippen molar-refractivity contribution in [3.63, 3.8) is 0 Å². The second-order valence-corrected chi connectivity index (χ2v) is 6.25. The van der Waals surface area contributed by atoms with Crippen molar-refractivity contribution in [2.24, 2.45) is 0 Å². The van der Waals surface area contributed by atoms with Crippen LogP contribution >= 0.6 is 11.3 Å². The van der Waals surface area contributed by atoms with Gasteiger partial charge in [-0.1, -0.05) is 13.8 Å². The van der Waals surface area contributed by atoms with E-state index >= 15 is 0 Å². The number of carbonyl (C=O) groups excluding carboxylic acids is 1. The topological polar surface area (TPSA) is 73.1 Å². The maximum atomic E-state index is 12.5. The van der Waals surface area contributed by atoms with Gasteiger partial charge >= 0.3 is 5.69 Å². The molecule has 0 bridgehead atoms. The van der Waals surface area contributed by atoms with Crippen LogP contribution < -0.4 is 16.6 Å². The molecule has 2 aromatic heterocycles. The van der Waals surface area contributed by atoms with E-state index in [0.717, 1.165) is 6.42 Å². The number of thiophene rings is 1. The quantitative estimate of drug-likeness (QED) is 0.876. The lowest BCUT2D eigenvalue weighted by atomic mass is 10.2. The van der Waals surface area contributed by atoms with Crippen molar-refractivity contribution < 1.29 is 4.79 Å². The van der Waals surface area contributed by atoms with Crippen molar-refractivity contribution >= 4 is 27.5 Å². The van der Waals surface area contributed by atoms with Crippen molar-refractivity contribution in [1.82, 2.24) is 14.5 Å². The molecule has 0 aliphatic rings. The lowest BCUT2D eigenvalue weighted by Crippen LogP contribution is -2.43. The van der Waals surface area contributed by atoms with Crippen LogP contribution in [0.25, 0.3) is 10.2 Å². The predicted molar refractivity (Wildman–Crippen MR) is 88.5 cm³/mol. The molecule has 0 radical (unpaired) electrons. The molecule has 0 aliphatic carbocycles. The number of aromatic nitrogens is 2. The SMILES string of the molecule is CCCn1c(=O)c2sccc2n(CC(=O)N[C@@H](C)CC)c1=O. The molecular weight excluding hydrogens is 302 g/mol. The van der Waals surface area contributed by atoms with Gasteiger partial charge in [0.25, 0.3) is 5.56 Å². The number of hydrogen-bond acceptors (Lipinski definition) is 4. The highest BCUT2D eigenvalue weighted by atomic mass is 32.1. The number of rotatable bonds is 6. The summed E-state index contributed by atoms with van der Waals surface area (Å²) in [5, 5.41) is 4.61. The Morgan fingerprint density at radius 2 is 2.05 bits per heavy atom. The molecule has 1 N–H and O–H groups in total. The molecule has 2 aromatic rings. The molecular formula is C15H21N3O3S. The number of nitrogens with zero attached hydrogens (tertiary/aromatic N) is 2. The summed E-state index contributed by atoms with van der Waals surface area (Å²) in [5.41, 5.74) is -0.154. The highest BCUT2D eigenvalue weighted by Crippen LogP contribution is 2.15. The Morgan fingerprint density at radius 1 is 1.32 bits per heavy atom. The minimum absolute atomic E-state index is 0.0581. The summed E-state index contributed by atoms with van der Waals surface area (Å²) in [4.78, 5) is 37.0. The molecule has 120 valence electrons. The Morgan fingerprint density at radius 3 is 2.68 bits per heavy atom. The van der Waals surface area contributed by atoms with Crippen molar-refractivity contribution in [3.05, 3.63) is 32.3 Å². The minimum Gasteiger partial charge on any atom is -0.352 e. The fraction of sp³-hybridized carbons (Fsp3) is 0.533. The second kappa shape index (κ2) is 6.91. The van der Waals surface area contributed by atoms with Gasteiger partial charge < -0.3 is 5.32 Å². The van der Waals surface area contributed by atoms with E-state index in [1.165, 1.54) is 20.5 Å². The highest BCUT2D eigenvalue weighted by Gasteiger charge is 2.16. The van der Waals surface area contributed by atoms with Crippen LogP contribution in [0.4, 0.5) is 0 Å². The van der Waals surface area contributed by atoms with Gasteiger partial charge in [0.2, 0.25) is 5.91 Å². The average molecular weight is 323 g/mol. The van der Waals surface area contributed by atoms with Gasteiger partial charge in [-0.25, -0.2) is 4.79 Å². The third kappa shape index (κ3) is 3.14. The summed E-state index contributed by atoms with van der Waals surface area (Å²) in [5.74, 6) is -0.217. The Bertz CT molecular complexity index is 787. The molecule has 0 saturated heterocycles. The van der Waals surface area contributed by atoms with Crippen molar-refractivity contribution in [1.29, 1.82) is 0 Å². The van der Waals surface area contributed by atoms with E-state index < -0.39 is 5.69 Å². The van der Waals surface area contributed by atoms with E-state index in [1.54, 1.807) is 11.4 Å². The first kappa shape index (κ1) is 16.5. The molecule has 1 atom stereocenters. The van der Waals surface area contributed by atoms with Gasteiger partial charge in [0.05, 0.1) is 5.52 Å². The van der Waals surface area contributed by atoms with Crippen LogP contribution in [0.15, 0.2) is 21.0 Å². The van der Waals surface area contributed by atoms with E-state index in [-0.39, 0.29) is 24.1 Å². The van der Waals surface area contributed by atoms with Crippen LogP contribution in [0.3, 0.4) is 0 Å². The summed E-state index contributed by atoms with van der Waals surface area (Å²) in [6, 6.07) is 1.78. The van der Waals surface area contributed by atoms with Gasteiger partial charge in [0.1, 0.15) is 11.2 Å². The van der Waals surface area contributed by atoms with Crippen LogP contribution in [0.5, 0.6) is 0 Å². The Balaban J connectivity index is 2.49. The maximum absolute atomic E-state index is 12.5. The average Bonchev–Trinajstić information content (AvgIpc) is 2.97. The molecule has 0 spiro atoms. The zero-order valence-corrected chi connectivity index (χ0v) is 13.9. The number of nitrogens with one attached hydrogen (secondary N) is 1. The summed E-state index contributed by atoms with van der Waals surface area (Å²) in [6.07, 6.45) is 1.51. The van der Waals surface area contributed by atoms with E-state index in [0.29, 0.717) is 23.2 Å². The molecule has 0 aliphatic heterocycles. The summed E-state index contributed by atoms with van der Waals surface area (Å²) in [6.45, 7) is 6.10. The van der Waals surface area contributed by atoms with Crippen LogP contribution in [0.2, 0.25) is 0 Å². The second-order valence-electron chi connectivity index (χ2n) is 5.34. The Hall–Kier alpha value is -1.89. The van der Waals surface area contributed by atoms with Gasteiger partial charge in [-0.3, -0.25) is 18.7 Å². The van der Waals surface area contributed by atoms with Gasteiger partial charge in [-0.15, -0.1) is 11.3 Å². The molecule has 22 heavy (non-hydrogen) atoms. The minimum atomic E-state index is -0.419. The maximum Gasteiger partial charge on any atom is 0.332 e. The highest BCUT2D eigenvalue weighted by molar-refractivity contribution is 7.17. The van der Waals surface area contributed by atoms with Gasteiger partial charge in [-0.2, -0.15) is 0 Å². The molecule has 7 heteroatoms. The lowest BCUT2D eigenvalue weighted by Gasteiger charge is -2.14. The van der Waals surface area contributed by atoms with E-state index in [4.69, 9.17) is 0 Å². The van der Waals surface area contributed by atoms with Crippen molar-refractivity contribution in [3.8, 4) is 0 Å². The van der Waals surface area contributed by atoms with Crippen LogP contribution in [-0.4, -0.2) is 21.1 Å². The third-order valence-electron chi connectivity index (χ3n) is 3.61. The summed E-state index contributed by atoms with van der Waals surface area (Å²) in [7, 11) is 0.